The monoisotopic (exact) mass is 423 g/mol. The van der Waals surface area contributed by atoms with E-state index < -0.39 is 9.96 Å². The molecule has 1 atom stereocenters. The Morgan fingerprint density at radius 3 is 2.44 bits per heavy atom. The molecule has 3 N–H and O–H groups in total. The number of carbonyl (C=O) groups is 1. The van der Waals surface area contributed by atoms with Crippen LogP contribution in [0.5, 0.6) is 0 Å². The van der Waals surface area contributed by atoms with Crippen LogP contribution >= 0.6 is 47.0 Å². The van der Waals surface area contributed by atoms with E-state index in [-0.39, 0.29) is 11.0 Å². The SMILES string of the molecule is CCCCCCC(=O)N[C@@H](NC(=S)Nc1ccccc1C)C(Cl)(Cl)Cl. The molecule has 8 heteroatoms. The number of thiocarbonyl (C=S) groups is 1. The van der Waals surface area contributed by atoms with Crippen molar-refractivity contribution >= 4 is 63.7 Å². The lowest BCUT2D eigenvalue weighted by Crippen LogP contribution is -2.56. The van der Waals surface area contributed by atoms with E-state index >= 15 is 0 Å². The van der Waals surface area contributed by atoms with E-state index in [2.05, 4.69) is 22.9 Å². The molecular weight excluding hydrogens is 401 g/mol. The average molecular weight is 425 g/mol. The Morgan fingerprint density at radius 1 is 1.16 bits per heavy atom. The van der Waals surface area contributed by atoms with Gasteiger partial charge in [0.1, 0.15) is 6.17 Å². The first kappa shape index (κ1) is 22.3. The molecule has 0 fully saturated rings. The molecule has 1 aromatic rings. The second kappa shape index (κ2) is 11.1. The molecule has 0 saturated heterocycles. The van der Waals surface area contributed by atoms with Gasteiger partial charge in [-0.05, 0) is 37.2 Å². The fraction of sp³-hybridized carbons (Fsp3) is 0.529. The second-order valence-electron chi connectivity index (χ2n) is 5.77. The van der Waals surface area contributed by atoms with Gasteiger partial charge in [0.15, 0.2) is 5.11 Å². The normalized spacial score (nSPS) is 12.4. The summed E-state index contributed by atoms with van der Waals surface area (Å²) in [7, 11) is 0. The van der Waals surface area contributed by atoms with E-state index in [1.54, 1.807) is 0 Å². The number of para-hydroxylation sites is 1. The minimum atomic E-state index is -1.74. The number of amides is 1. The zero-order valence-electron chi connectivity index (χ0n) is 14.4. The quantitative estimate of drug-likeness (QED) is 0.236. The van der Waals surface area contributed by atoms with E-state index in [9.17, 15) is 4.79 Å². The van der Waals surface area contributed by atoms with Crippen LogP contribution in [0.2, 0.25) is 0 Å². The van der Waals surface area contributed by atoms with Gasteiger partial charge in [0.05, 0.1) is 0 Å². The highest BCUT2D eigenvalue weighted by molar-refractivity contribution is 7.80. The summed E-state index contributed by atoms with van der Waals surface area (Å²) in [6, 6.07) is 7.66. The Hall–Kier alpha value is -0.750. The standard InChI is InChI=1S/C17H24Cl3N3OS/c1-3-4-5-6-11-14(24)22-15(17(18,19)20)23-16(25)21-13-10-8-7-9-12(13)2/h7-10,15H,3-6,11H2,1-2H3,(H,22,24)(H2,21,23,25)/t15-/m0/s1. The molecule has 4 nitrogen and oxygen atoms in total. The summed E-state index contributed by atoms with van der Waals surface area (Å²) in [6.45, 7) is 4.07. The molecular formula is C17H24Cl3N3OS. The van der Waals surface area contributed by atoms with Gasteiger partial charge in [-0.25, -0.2) is 0 Å². The van der Waals surface area contributed by atoms with Crippen LogP contribution in [0.25, 0.3) is 0 Å². The molecule has 0 spiro atoms. The number of rotatable bonds is 8. The van der Waals surface area contributed by atoms with Crippen molar-refractivity contribution in [1.29, 1.82) is 0 Å². The van der Waals surface area contributed by atoms with Gasteiger partial charge in [0, 0.05) is 12.1 Å². The van der Waals surface area contributed by atoms with Crippen molar-refractivity contribution in [2.24, 2.45) is 0 Å². The molecule has 0 unspecified atom stereocenters. The van der Waals surface area contributed by atoms with Crippen molar-refractivity contribution in [2.45, 2.75) is 55.9 Å². The Balaban J connectivity index is 2.59. The summed E-state index contributed by atoms with van der Waals surface area (Å²) >= 11 is 23.2. The molecule has 1 amide bonds. The van der Waals surface area contributed by atoms with Crippen molar-refractivity contribution in [3.63, 3.8) is 0 Å². The van der Waals surface area contributed by atoms with Crippen LogP contribution in [0.3, 0.4) is 0 Å². The zero-order valence-corrected chi connectivity index (χ0v) is 17.5. The number of benzene rings is 1. The van der Waals surface area contributed by atoms with Crippen molar-refractivity contribution in [2.75, 3.05) is 5.32 Å². The number of alkyl halides is 3. The van der Waals surface area contributed by atoms with Gasteiger partial charge >= 0.3 is 0 Å². The molecule has 1 aromatic carbocycles. The lowest BCUT2D eigenvalue weighted by Gasteiger charge is -2.28. The zero-order chi connectivity index (χ0) is 18.9. The lowest BCUT2D eigenvalue weighted by molar-refractivity contribution is -0.122. The lowest BCUT2D eigenvalue weighted by atomic mass is 10.1. The highest BCUT2D eigenvalue weighted by Crippen LogP contribution is 2.29. The summed E-state index contributed by atoms with van der Waals surface area (Å²) in [5.74, 6) is -0.182. The van der Waals surface area contributed by atoms with E-state index in [0.717, 1.165) is 36.9 Å². The predicted octanol–water partition coefficient (Wildman–Crippen LogP) is 5.06. The minimum Gasteiger partial charge on any atom is -0.339 e. The Bertz CT molecular complexity index is 579. The average Bonchev–Trinajstić information content (AvgIpc) is 2.52. The van der Waals surface area contributed by atoms with Crippen molar-refractivity contribution in [1.82, 2.24) is 10.6 Å². The third kappa shape index (κ3) is 8.95. The summed E-state index contributed by atoms with van der Waals surface area (Å²) in [5, 5.41) is 8.85. The van der Waals surface area contributed by atoms with Crippen molar-refractivity contribution in [3.8, 4) is 0 Å². The molecule has 0 aliphatic rings. The van der Waals surface area contributed by atoms with Gasteiger partial charge in [-0.1, -0.05) is 79.2 Å². The van der Waals surface area contributed by atoms with Gasteiger partial charge in [0.25, 0.3) is 0 Å². The van der Waals surface area contributed by atoms with Gasteiger partial charge in [-0.15, -0.1) is 0 Å². The fourth-order valence-electron chi connectivity index (χ4n) is 2.15. The Labute approximate surface area is 170 Å². The van der Waals surface area contributed by atoms with Crippen LogP contribution in [0.4, 0.5) is 5.69 Å². The summed E-state index contributed by atoms with van der Waals surface area (Å²) in [5.41, 5.74) is 1.87. The molecule has 25 heavy (non-hydrogen) atoms. The molecule has 1 rings (SSSR count). The smallest absolute Gasteiger partial charge is 0.228 e. The summed E-state index contributed by atoms with van der Waals surface area (Å²) < 4.78 is -1.74. The van der Waals surface area contributed by atoms with Crippen LogP contribution < -0.4 is 16.0 Å². The van der Waals surface area contributed by atoms with Crippen molar-refractivity contribution in [3.05, 3.63) is 29.8 Å². The maximum Gasteiger partial charge on any atom is 0.228 e. The number of hydrogen-bond donors (Lipinski definition) is 3. The Morgan fingerprint density at radius 2 is 1.84 bits per heavy atom. The van der Waals surface area contributed by atoms with Crippen molar-refractivity contribution < 1.29 is 4.79 Å². The number of aryl methyl sites for hydroxylation is 1. The van der Waals surface area contributed by atoms with Crippen LogP contribution in [0.15, 0.2) is 24.3 Å². The van der Waals surface area contributed by atoms with Crippen LogP contribution in [-0.2, 0) is 4.79 Å². The number of halogens is 3. The van der Waals surface area contributed by atoms with E-state index in [1.165, 1.54) is 0 Å². The summed E-state index contributed by atoms with van der Waals surface area (Å²) in [4.78, 5) is 12.1. The first-order chi connectivity index (χ1) is 11.7. The predicted molar refractivity (Wildman–Crippen MR) is 112 cm³/mol. The molecule has 140 valence electrons. The van der Waals surface area contributed by atoms with Gasteiger partial charge < -0.3 is 16.0 Å². The number of anilines is 1. The second-order valence-corrected chi connectivity index (χ2v) is 8.54. The maximum atomic E-state index is 12.1. The minimum absolute atomic E-state index is 0.182. The van der Waals surface area contributed by atoms with Gasteiger partial charge in [-0.2, -0.15) is 0 Å². The van der Waals surface area contributed by atoms with Crippen LogP contribution in [0, 0.1) is 6.92 Å². The van der Waals surface area contributed by atoms with Crippen LogP contribution in [-0.4, -0.2) is 21.0 Å². The molecule has 0 aliphatic carbocycles. The van der Waals surface area contributed by atoms with Crippen LogP contribution in [0.1, 0.15) is 44.6 Å². The van der Waals surface area contributed by atoms with Gasteiger partial charge in [-0.3, -0.25) is 4.79 Å². The molecule has 0 radical (unpaired) electrons. The first-order valence-electron chi connectivity index (χ1n) is 8.23. The van der Waals surface area contributed by atoms with E-state index in [0.29, 0.717) is 6.42 Å². The third-order valence-electron chi connectivity index (χ3n) is 3.56. The van der Waals surface area contributed by atoms with Gasteiger partial charge in [0.2, 0.25) is 9.70 Å². The van der Waals surface area contributed by atoms with E-state index in [4.69, 9.17) is 47.0 Å². The Kier molecular flexibility index (Phi) is 9.87. The number of nitrogens with one attached hydrogen (secondary N) is 3. The maximum absolute atomic E-state index is 12.1. The molecule has 0 bridgehead atoms. The highest BCUT2D eigenvalue weighted by atomic mass is 35.6. The molecule has 0 heterocycles. The molecule has 0 aromatic heterocycles. The molecule has 0 aliphatic heterocycles. The fourth-order valence-corrected chi connectivity index (χ4v) is 2.70. The topological polar surface area (TPSA) is 53.2 Å². The molecule has 0 saturated carbocycles. The number of hydrogen-bond acceptors (Lipinski definition) is 2. The van der Waals surface area contributed by atoms with E-state index in [1.807, 2.05) is 31.2 Å². The largest absolute Gasteiger partial charge is 0.339 e. The number of carbonyl (C=O) groups excluding carboxylic acids is 1. The summed E-state index contributed by atoms with van der Waals surface area (Å²) in [6.07, 6.45) is 3.47. The highest BCUT2D eigenvalue weighted by Gasteiger charge is 2.34. The number of unbranched alkanes of at least 4 members (excludes halogenated alkanes) is 3. The first-order valence-corrected chi connectivity index (χ1v) is 9.77. The third-order valence-corrected chi connectivity index (χ3v) is 4.43.